The van der Waals surface area contributed by atoms with Crippen molar-refractivity contribution in [3.63, 3.8) is 0 Å². The molecule has 143 valence electrons. The van der Waals surface area contributed by atoms with Gasteiger partial charge in [0.15, 0.2) is 5.78 Å². The first kappa shape index (κ1) is 22.7. The number of aryl methyl sites for hydroxylation is 3. The maximum Gasteiger partial charge on any atom is 0.155 e. The average molecular weight is 539 g/mol. The maximum absolute atomic E-state index is 10.0. The van der Waals surface area contributed by atoms with E-state index in [1.54, 1.807) is 0 Å². The van der Waals surface area contributed by atoms with Crippen LogP contribution in [0, 0.1) is 26.8 Å². The Hall–Kier alpha value is -2.29. The van der Waals surface area contributed by atoms with Gasteiger partial charge in [0.2, 0.25) is 0 Å². The van der Waals surface area contributed by atoms with Crippen LogP contribution < -0.4 is 0 Å². The van der Waals surface area contributed by atoms with Gasteiger partial charge in [-0.05, 0) is 38.1 Å². The summed E-state index contributed by atoms with van der Waals surface area (Å²) in [7, 11) is 0. The van der Waals surface area contributed by atoms with Gasteiger partial charge >= 0.3 is 0 Å². The van der Waals surface area contributed by atoms with Crippen LogP contribution in [0.25, 0.3) is 22.2 Å². The molecule has 1 heterocycles. The number of ketones is 1. The van der Waals surface area contributed by atoms with E-state index in [-0.39, 0.29) is 31.6 Å². The Balaban J connectivity index is 0.000000395. The van der Waals surface area contributed by atoms with Gasteiger partial charge in [-0.15, -0.1) is 34.9 Å². The van der Waals surface area contributed by atoms with Crippen LogP contribution in [0.4, 0.5) is 0 Å². The minimum Gasteiger partial charge on any atom is -0.512 e. The molecule has 27 heavy (non-hydrogen) atoms. The maximum atomic E-state index is 10.0. The number of carbonyl (C=O) groups is 1. The van der Waals surface area contributed by atoms with Crippen molar-refractivity contribution in [2.45, 2.75) is 34.6 Å². The van der Waals surface area contributed by atoms with Gasteiger partial charge in [0.1, 0.15) is 0 Å². The zero-order valence-corrected chi connectivity index (χ0v) is 18.6. The molecule has 1 radical (unpaired) electrons. The quantitative estimate of drug-likeness (QED) is 0.260. The topological polar surface area (TPSA) is 50.2 Å². The molecule has 0 spiro atoms. The molecule has 0 fully saturated rings. The van der Waals surface area contributed by atoms with E-state index in [9.17, 15) is 4.79 Å². The Morgan fingerprint density at radius 3 is 2.33 bits per heavy atom. The predicted molar refractivity (Wildman–Crippen MR) is 107 cm³/mol. The van der Waals surface area contributed by atoms with E-state index in [4.69, 9.17) is 10.1 Å². The second kappa shape index (κ2) is 10.1. The number of pyridine rings is 1. The number of nitrogens with zero attached hydrogens (tertiary/aromatic N) is 1. The first-order chi connectivity index (χ1) is 12.3. The Kier molecular flexibility index (Phi) is 8.55. The fourth-order valence-electron chi connectivity index (χ4n) is 2.79. The normalized spacial score (nSPS) is 10.6. The molecule has 0 aliphatic heterocycles. The molecule has 0 saturated heterocycles. The van der Waals surface area contributed by atoms with Crippen molar-refractivity contribution in [2.75, 3.05) is 0 Å². The van der Waals surface area contributed by atoms with Gasteiger partial charge in [0.25, 0.3) is 0 Å². The van der Waals surface area contributed by atoms with Crippen molar-refractivity contribution in [2.24, 2.45) is 0 Å². The first-order valence-corrected chi connectivity index (χ1v) is 8.51. The van der Waals surface area contributed by atoms with Crippen molar-refractivity contribution in [1.82, 2.24) is 4.98 Å². The van der Waals surface area contributed by atoms with Crippen LogP contribution in [-0.2, 0) is 24.9 Å². The Morgan fingerprint density at radius 2 is 1.78 bits per heavy atom. The molecular formula is C23H24IrNO2-. The van der Waals surface area contributed by atoms with Crippen molar-refractivity contribution in [1.29, 1.82) is 0 Å². The third-order valence-electron chi connectivity index (χ3n) is 3.79. The number of benzene rings is 2. The molecule has 0 aliphatic rings. The van der Waals surface area contributed by atoms with Gasteiger partial charge in [-0.2, -0.15) is 0 Å². The minimum atomic E-state index is -0.125. The molecule has 3 rings (SSSR count). The smallest absolute Gasteiger partial charge is 0.155 e. The number of aromatic nitrogens is 1. The summed E-state index contributed by atoms with van der Waals surface area (Å²) >= 11 is 0. The fourth-order valence-corrected chi connectivity index (χ4v) is 2.79. The molecule has 2 aromatic carbocycles. The zero-order chi connectivity index (χ0) is 19.3. The molecular weight excluding hydrogens is 514 g/mol. The Morgan fingerprint density at radius 1 is 1.07 bits per heavy atom. The summed E-state index contributed by atoms with van der Waals surface area (Å²) < 4.78 is 0. The number of fused-ring (bicyclic) bond motifs is 1. The van der Waals surface area contributed by atoms with Crippen LogP contribution in [0.2, 0.25) is 0 Å². The van der Waals surface area contributed by atoms with Crippen LogP contribution >= 0.6 is 0 Å². The molecule has 0 unspecified atom stereocenters. The second-order valence-corrected chi connectivity index (χ2v) is 6.49. The summed E-state index contributed by atoms with van der Waals surface area (Å²) in [6.45, 7) is 9.14. The number of aliphatic hydroxyl groups excluding tert-OH is 1. The summed E-state index contributed by atoms with van der Waals surface area (Å²) in [5.74, 6) is -0.0625. The van der Waals surface area contributed by atoms with E-state index < -0.39 is 0 Å². The Bertz CT molecular complexity index is 953. The standard InChI is InChI=1S/C18H16N.C5H8O2.Ir/c1-12-9-13(2)11-15(10-12)17-8-7-16-14(3)5-4-6-18(16)19-17;1-4(6)3-5(2)7;/h4-10H,1-3H3;3,6H,1-2H3;/q-1;;/b;4-3-;. The predicted octanol–water partition coefficient (Wildman–Crippen LogP) is 5.66. The minimum absolute atomic E-state index is 0. The number of carbonyl (C=O) groups excluding carboxylic acids is 1. The molecule has 0 saturated carbocycles. The van der Waals surface area contributed by atoms with Crippen molar-refractivity contribution >= 4 is 16.7 Å². The SMILES string of the molecule is CC(=O)/C=C(/C)O.Cc1[c-]c(-c2ccc3c(C)cccc3n2)cc(C)c1.[Ir]. The molecule has 0 aliphatic carbocycles. The van der Waals surface area contributed by atoms with E-state index in [0.717, 1.165) is 22.3 Å². The van der Waals surface area contributed by atoms with Crippen LogP contribution in [-0.4, -0.2) is 15.9 Å². The van der Waals surface area contributed by atoms with Gasteiger partial charge in [-0.25, -0.2) is 0 Å². The third kappa shape index (κ3) is 6.74. The van der Waals surface area contributed by atoms with Crippen molar-refractivity contribution in [3.05, 3.63) is 77.1 Å². The largest absolute Gasteiger partial charge is 0.512 e. The first-order valence-electron chi connectivity index (χ1n) is 8.51. The molecule has 1 N–H and O–H groups in total. The van der Waals surface area contributed by atoms with Crippen LogP contribution in [0.5, 0.6) is 0 Å². The number of aliphatic hydroxyl groups is 1. The van der Waals surface area contributed by atoms with E-state index in [1.165, 1.54) is 36.4 Å². The molecule has 0 bridgehead atoms. The molecule has 4 heteroatoms. The number of allylic oxidation sites excluding steroid dienone is 2. The van der Waals surface area contributed by atoms with E-state index in [0.29, 0.717) is 0 Å². The number of hydrogen-bond acceptors (Lipinski definition) is 3. The van der Waals surface area contributed by atoms with Crippen molar-refractivity contribution < 1.29 is 30.0 Å². The average Bonchev–Trinajstić information content (AvgIpc) is 2.53. The second-order valence-electron chi connectivity index (χ2n) is 6.49. The van der Waals surface area contributed by atoms with Crippen LogP contribution in [0.15, 0.2) is 54.3 Å². The van der Waals surface area contributed by atoms with Gasteiger partial charge in [-0.3, -0.25) is 9.78 Å². The molecule has 0 atom stereocenters. The number of rotatable bonds is 2. The van der Waals surface area contributed by atoms with Gasteiger partial charge in [0.05, 0.1) is 11.3 Å². The monoisotopic (exact) mass is 539 g/mol. The Labute approximate surface area is 174 Å². The summed E-state index contributed by atoms with van der Waals surface area (Å²) in [5, 5.41) is 9.58. The van der Waals surface area contributed by atoms with E-state index in [1.807, 2.05) is 0 Å². The molecule has 3 nitrogen and oxygen atoms in total. The van der Waals surface area contributed by atoms with Gasteiger partial charge in [-0.1, -0.05) is 38.1 Å². The summed E-state index contributed by atoms with van der Waals surface area (Å²) in [6.07, 6.45) is 1.17. The summed E-state index contributed by atoms with van der Waals surface area (Å²) in [5.41, 5.74) is 6.77. The summed E-state index contributed by atoms with van der Waals surface area (Å²) in [4.78, 5) is 14.8. The van der Waals surface area contributed by atoms with Crippen LogP contribution in [0.3, 0.4) is 0 Å². The van der Waals surface area contributed by atoms with Crippen molar-refractivity contribution in [3.8, 4) is 11.3 Å². The van der Waals surface area contributed by atoms with Gasteiger partial charge in [0, 0.05) is 31.6 Å². The fraction of sp³-hybridized carbons (Fsp3) is 0.217. The zero-order valence-electron chi connectivity index (χ0n) is 16.3. The van der Waals surface area contributed by atoms with Gasteiger partial charge < -0.3 is 5.11 Å². The van der Waals surface area contributed by atoms with E-state index >= 15 is 0 Å². The molecule has 3 aromatic rings. The van der Waals surface area contributed by atoms with E-state index in [2.05, 4.69) is 69.3 Å². The number of hydrogen-bond donors (Lipinski definition) is 1. The molecule has 0 amide bonds. The third-order valence-corrected chi connectivity index (χ3v) is 3.79. The summed E-state index contributed by atoms with van der Waals surface area (Å²) in [6, 6.07) is 18.1. The molecule has 1 aromatic heterocycles. The van der Waals surface area contributed by atoms with Crippen LogP contribution in [0.1, 0.15) is 30.5 Å².